The molecule has 0 spiro atoms. The molecule has 0 radical (unpaired) electrons. The number of imide groups is 1. The third-order valence-corrected chi connectivity index (χ3v) is 3.91. The van der Waals surface area contributed by atoms with Gasteiger partial charge in [-0.1, -0.05) is 6.07 Å². The van der Waals surface area contributed by atoms with Crippen molar-refractivity contribution in [3.8, 4) is 0 Å². The predicted octanol–water partition coefficient (Wildman–Crippen LogP) is 1.38. The average Bonchev–Trinajstić information content (AvgIpc) is 2.75. The molecule has 0 saturated carbocycles. The number of rotatable bonds is 6. The second-order valence-electron chi connectivity index (χ2n) is 4.52. The van der Waals surface area contributed by atoms with E-state index < -0.39 is 35.0 Å². The first-order valence-corrected chi connectivity index (χ1v) is 7.58. The summed E-state index contributed by atoms with van der Waals surface area (Å²) in [7, 11) is 0. The highest BCUT2D eigenvalue weighted by atomic mass is 32.2. The van der Waals surface area contributed by atoms with Crippen LogP contribution in [0.15, 0.2) is 24.3 Å². The summed E-state index contributed by atoms with van der Waals surface area (Å²) in [5, 5.41) is 10.3. The van der Waals surface area contributed by atoms with Gasteiger partial charge in [-0.05, 0) is 36.9 Å². The summed E-state index contributed by atoms with van der Waals surface area (Å²) in [5.74, 6) is -2.34. The van der Waals surface area contributed by atoms with Gasteiger partial charge in [0.05, 0.1) is 12.2 Å². The number of carbonyl (C=O) groups excluding carboxylic acids is 3. The summed E-state index contributed by atoms with van der Waals surface area (Å²) in [4.78, 5) is 47.1. The normalized spacial score (nSPS) is 17.3. The summed E-state index contributed by atoms with van der Waals surface area (Å²) in [6, 6.07) is 5.87. The van der Waals surface area contributed by atoms with Crippen molar-refractivity contribution in [2.45, 2.75) is 12.3 Å². The van der Waals surface area contributed by atoms with Gasteiger partial charge in [0.15, 0.2) is 5.37 Å². The minimum Gasteiger partial charge on any atom is -0.478 e. The van der Waals surface area contributed by atoms with Crippen molar-refractivity contribution < 1.29 is 29.0 Å². The van der Waals surface area contributed by atoms with Crippen LogP contribution in [0.5, 0.6) is 0 Å². The molecule has 9 heteroatoms. The number of amides is 2. The van der Waals surface area contributed by atoms with E-state index in [-0.39, 0.29) is 12.2 Å². The van der Waals surface area contributed by atoms with Crippen LogP contribution in [0.3, 0.4) is 0 Å². The molecule has 0 unspecified atom stereocenters. The van der Waals surface area contributed by atoms with Crippen molar-refractivity contribution in [1.82, 2.24) is 4.90 Å². The van der Waals surface area contributed by atoms with Gasteiger partial charge in [0.2, 0.25) is 0 Å². The summed E-state index contributed by atoms with van der Waals surface area (Å²) < 4.78 is 4.72. The van der Waals surface area contributed by atoms with E-state index in [1.54, 1.807) is 13.0 Å². The molecule has 0 bridgehead atoms. The van der Waals surface area contributed by atoms with Gasteiger partial charge in [-0.3, -0.25) is 19.3 Å². The average molecular weight is 338 g/mol. The zero-order valence-electron chi connectivity index (χ0n) is 12.1. The minimum absolute atomic E-state index is 0.0557. The molecule has 0 aromatic heterocycles. The van der Waals surface area contributed by atoms with Gasteiger partial charge in [0.1, 0.15) is 6.54 Å². The van der Waals surface area contributed by atoms with Crippen LogP contribution in [0, 0.1) is 0 Å². The highest BCUT2D eigenvalue weighted by Crippen LogP contribution is 2.28. The van der Waals surface area contributed by atoms with Crippen molar-refractivity contribution in [1.29, 1.82) is 0 Å². The number of aromatic carboxylic acids is 1. The number of nitrogens with zero attached hydrogens (tertiary/aromatic N) is 1. The molecule has 2 rings (SSSR count). The molecule has 1 atom stereocenters. The smallest absolute Gasteiger partial charge is 0.335 e. The SMILES string of the molecule is CCOC(=O)CN1C(=O)S[C@H](Nc2cccc(C(=O)O)c2)C1=O. The van der Waals surface area contributed by atoms with Crippen LogP contribution in [0.1, 0.15) is 17.3 Å². The van der Waals surface area contributed by atoms with Crippen molar-refractivity contribution in [2.24, 2.45) is 0 Å². The highest BCUT2D eigenvalue weighted by molar-refractivity contribution is 8.15. The zero-order valence-corrected chi connectivity index (χ0v) is 13.0. The molecule has 0 aliphatic carbocycles. The Morgan fingerprint density at radius 2 is 2.13 bits per heavy atom. The maximum Gasteiger partial charge on any atom is 0.335 e. The van der Waals surface area contributed by atoms with Gasteiger partial charge in [-0.15, -0.1) is 0 Å². The van der Waals surface area contributed by atoms with Gasteiger partial charge in [0.25, 0.3) is 11.1 Å². The number of hydrogen-bond acceptors (Lipinski definition) is 7. The third-order valence-electron chi connectivity index (χ3n) is 2.93. The summed E-state index contributed by atoms with van der Waals surface area (Å²) in [6.45, 7) is 1.35. The van der Waals surface area contributed by atoms with Gasteiger partial charge >= 0.3 is 11.9 Å². The van der Waals surface area contributed by atoms with E-state index in [4.69, 9.17) is 9.84 Å². The maximum atomic E-state index is 12.2. The van der Waals surface area contributed by atoms with Crippen molar-refractivity contribution in [3.63, 3.8) is 0 Å². The lowest BCUT2D eigenvalue weighted by atomic mass is 10.2. The maximum absolute atomic E-state index is 12.2. The molecule has 1 heterocycles. The first-order valence-electron chi connectivity index (χ1n) is 6.70. The lowest BCUT2D eigenvalue weighted by Crippen LogP contribution is -2.38. The molecular weight excluding hydrogens is 324 g/mol. The Kier molecular flexibility index (Phi) is 5.22. The molecule has 1 aliphatic rings. The molecule has 1 saturated heterocycles. The fraction of sp³-hybridized carbons (Fsp3) is 0.286. The monoisotopic (exact) mass is 338 g/mol. The lowest BCUT2D eigenvalue weighted by Gasteiger charge is -2.14. The van der Waals surface area contributed by atoms with E-state index in [0.717, 1.165) is 16.7 Å². The first-order chi connectivity index (χ1) is 10.9. The van der Waals surface area contributed by atoms with Crippen LogP contribution in [-0.4, -0.2) is 51.6 Å². The summed E-state index contributed by atoms with van der Waals surface area (Å²) in [5.41, 5.74) is 0.446. The Balaban J connectivity index is 2.06. The predicted molar refractivity (Wildman–Crippen MR) is 82.1 cm³/mol. The number of carboxylic acids is 1. The molecule has 1 fully saturated rings. The number of esters is 1. The van der Waals surface area contributed by atoms with E-state index in [1.807, 2.05) is 0 Å². The molecule has 23 heavy (non-hydrogen) atoms. The number of carboxylic acid groups (broad SMARTS) is 1. The second kappa shape index (κ2) is 7.14. The van der Waals surface area contributed by atoms with Gasteiger partial charge in [-0.25, -0.2) is 4.79 Å². The van der Waals surface area contributed by atoms with Crippen LogP contribution in [0.4, 0.5) is 10.5 Å². The van der Waals surface area contributed by atoms with Crippen LogP contribution in [0.2, 0.25) is 0 Å². The number of hydrogen-bond donors (Lipinski definition) is 2. The first kappa shape index (κ1) is 16.8. The third kappa shape index (κ3) is 4.01. The summed E-state index contributed by atoms with van der Waals surface area (Å²) in [6.07, 6.45) is 0. The quantitative estimate of drug-likeness (QED) is 0.748. The second-order valence-corrected chi connectivity index (χ2v) is 5.58. The Morgan fingerprint density at radius 1 is 1.39 bits per heavy atom. The fourth-order valence-corrected chi connectivity index (χ4v) is 2.82. The molecule has 2 amide bonds. The molecule has 122 valence electrons. The molecular formula is C14H14N2O6S. The molecule has 2 N–H and O–H groups in total. The molecule has 1 aliphatic heterocycles. The Bertz CT molecular complexity index is 662. The van der Waals surface area contributed by atoms with Gasteiger partial charge in [-0.2, -0.15) is 0 Å². The van der Waals surface area contributed by atoms with Crippen LogP contribution < -0.4 is 5.32 Å². The van der Waals surface area contributed by atoms with E-state index in [0.29, 0.717) is 5.69 Å². The Hall–Kier alpha value is -2.55. The molecule has 1 aromatic carbocycles. The van der Waals surface area contributed by atoms with Crippen molar-refractivity contribution >= 4 is 40.5 Å². The molecule has 8 nitrogen and oxygen atoms in total. The minimum atomic E-state index is -1.10. The van der Waals surface area contributed by atoms with Crippen molar-refractivity contribution in [3.05, 3.63) is 29.8 Å². The summed E-state index contributed by atoms with van der Waals surface area (Å²) >= 11 is 0.722. The number of thioether (sulfide) groups is 1. The number of nitrogens with one attached hydrogen (secondary N) is 1. The topological polar surface area (TPSA) is 113 Å². The zero-order chi connectivity index (χ0) is 17.0. The van der Waals surface area contributed by atoms with Crippen LogP contribution in [-0.2, 0) is 14.3 Å². The van der Waals surface area contributed by atoms with Gasteiger partial charge < -0.3 is 15.2 Å². The van der Waals surface area contributed by atoms with Crippen LogP contribution >= 0.6 is 11.8 Å². The van der Waals surface area contributed by atoms with E-state index in [1.165, 1.54) is 18.2 Å². The Morgan fingerprint density at radius 3 is 2.78 bits per heavy atom. The van der Waals surface area contributed by atoms with E-state index in [2.05, 4.69) is 5.32 Å². The fourth-order valence-electron chi connectivity index (χ4n) is 1.91. The van der Waals surface area contributed by atoms with E-state index in [9.17, 15) is 19.2 Å². The highest BCUT2D eigenvalue weighted by Gasteiger charge is 2.40. The number of anilines is 1. The molecule has 1 aromatic rings. The van der Waals surface area contributed by atoms with Crippen LogP contribution in [0.25, 0.3) is 0 Å². The van der Waals surface area contributed by atoms with Crippen molar-refractivity contribution in [2.75, 3.05) is 18.5 Å². The number of ether oxygens (including phenoxy) is 1. The Labute approximate surface area is 135 Å². The lowest BCUT2D eigenvalue weighted by molar-refractivity contribution is -0.146. The standard InChI is InChI=1S/C14H14N2O6S/c1-2-22-10(17)7-16-12(18)11(23-14(16)21)15-9-5-3-4-8(6-9)13(19)20/h3-6,11,15H,2,7H2,1H3,(H,19,20)/t11-/m0/s1. The van der Waals surface area contributed by atoms with Gasteiger partial charge in [0, 0.05) is 5.69 Å². The van der Waals surface area contributed by atoms with E-state index >= 15 is 0 Å². The number of benzene rings is 1. The number of carbonyl (C=O) groups is 4. The largest absolute Gasteiger partial charge is 0.478 e.